The van der Waals surface area contributed by atoms with Gasteiger partial charge in [0.2, 0.25) is 11.8 Å². The van der Waals surface area contributed by atoms with Crippen molar-refractivity contribution in [3.05, 3.63) is 96.3 Å². The van der Waals surface area contributed by atoms with E-state index in [1.54, 1.807) is 4.68 Å². The van der Waals surface area contributed by atoms with E-state index >= 15 is 0 Å². The predicted octanol–water partition coefficient (Wildman–Crippen LogP) is 4.90. The van der Waals surface area contributed by atoms with Crippen LogP contribution in [-0.2, 0) is 6.54 Å². The van der Waals surface area contributed by atoms with Crippen LogP contribution in [0.5, 0.6) is 0 Å². The van der Waals surface area contributed by atoms with Crippen LogP contribution < -0.4 is 5.32 Å². The van der Waals surface area contributed by atoms with Crippen molar-refractivity contribution in [3.8, 4) is 28.6 Å². The van der Waals surface area contributed by atoms with Crippen molar-refractivity contribution in [1.29, 1.82) is 0 Å². The van der Waals surface area contributed by atoms with Gasteiger partial charge in [0.25, 0.3) is 0 Å². The normalized spacial score (nSPS) is 10.9. The van der Waals surface area contributed by atoms with E-state index in [2.05, 4.69) is 44.9 Å². The molecule has 0 amide bonds. The molecule has 0 saturated carbocycles. The van der Waals surface area contributed by atoms with Crippen LogP contribution in [0.4, 0.5) is 5.69 Å². The molecule has 5 aromatic rings. The van der Waals surface area contributed by atoms with Gasteiger partial charge in [-0.3, -0.25) is 0 Å². The fourth-order valence-electron chi connectivity index (χ4n) is 3.24. The van der Waals surface area contributed by atoms with Crippen LogP contribution in [0.3, 0.4) is 0 Å². The summed E-state index contributed by atoms with van der Waals surface area (Å²) in [7, 11) is 0. The van der Waals surface area contributed by atoms with E-state index in [0.717, 1.165) is 28.2 Å². The van der Waals surface area contributed by atoms with Crippen LogP contribution in [0.2, 0.25) is 0 Å². The van der Waals surface area contributed by atoms with Gasteiger partial charge in [-0.25, -0.2) is 4.68 Å². The summed E-state index contributed by atoms with van der Waals surface area (Å²) in [5, 5.41) is 20.4. The number of rotatable bonds is 6. The third-order valence-corrected chi connectivity index (χ3v) is 4.90. The molecule has 152 valence electrons. The molecule has 0 unspecified atom stereocenters. The average Bonchev–Trinajstić information content (AvgIpc) is 3.49. The van der Waals surface area contributed by atoms with Crippen LogP contribution in [0.1, 0.15) is 11.3 Å². The lowest BCUT2D eigenvalue weighted by molar-refractivity contribution is 0.585. The third kappa shape index (κ3) is 4.06. The van der Waals surface area contributed by atoms with E-state index in [9.17, 15) is 0 Å². The van der Waals surface area contributed by atoms with Gasteiger partial charge in [0.15, 0.2) is 0 Å². The fourth-order valence-corrected chi connectivity index (χ4v) is 3.24. The van der Waals surface area contributed by atoms with Gasteiger partial charge < -0.3 is 9.73 Å². The first-order chi connectivity index (χ1) is 15.3. The summed E-state index contributed by atoms with van der Waals surface area (Å²) >= 11 is 0. The summed E-state index contributed by atoms with van der Waals surface area (Å²) in [5.74, 6) is 0.955. The van der Waals surface area contributed by atoms with Crippen LogP contribution in [0.25, 0.3) is 28.6 Å². The second kappa shape index (κ2) is 8.23. The van der Waals surface area contributed by atoms with Crippen molar-refractivity contribution in [1.82, 2.24) is 25.2 Å². The van der Waals surface area contributed by atoms with Crippen LogP contribution in [0.15, 0.2) is 89.5 Å². The molecule has 2 heterocycles. The molecule has 0 aliphatic heterocycles. The Morgan fingerprint density at radius 2 is 1.55 bits per heavy atom. The first-order valence-electron chi connectivity index (χ1n) is 9.97. The maximum Gasteiger partial charge on any atom is 0.250 e. The molecular weight excluding hydrogens is 388 g/mol. The number of nitrogens with zero attached hydrogens (tertiary/aromatic N) is 5. The summed E-state index contributed by atoms with van der Waals surface area (Å²) in [6.07, 6.45) is 1.92. The SMILES string of the molecule is Cc1ccc(-n2cc(CNc3ccccc3-c3nnc(-c4ccccc4)o3)nn2)cc1. The van der Waals surface area contributed by atoms with E-state index < -0.39 is 0 Å². The molecule has 0 saturated heterocycles. The zero-order valence-corrected chi connectivity index (χ0v) is 16.9. The van der Waals surface area contributed by atoms with E-state index in [1.165, 1.54) is 5.56 Å². The molecule has 0 fully saturated rings. The molecule has 0 aliphatic carbocycles. The van der Waals surface area contributed by atoms with Gasteiger partial charge >= 0.3 is 0 Å². The van der Waals surface area contributed by atoms with Crippen LogP contribution >= 0.6 is 0 Å². The number of para-hydroxylation sites is 1. The first-order valence-corrected chi connectivity index (χ1v) is 9.97. The number of anilines is 1. The highest BCUT2D eigenvalue weighted by Crippen LogP contribution is 2.29. The predicted molar refractivity (Wildman–Crippen MR) is 119 cm³/mol. The monoisotopic (exact) mass is 408 g/mol. The number of aryl methyl sites for hydroxylation is 1. The topological polar surface area (TPSA) is 81.7 Å². The average molecular weight is 408 g/mol. The Hall–Kier alpha value is -4.26. The number of aromatic nitrogens is 5. The molecule has 5 rings (SSSR count). The number of nitrogens with one attached hydrogen (secondary N) is 1. The standard InChI is InChI=1S/C24H20N6O/c1-17-11-13-20(14-12-17)30-16-19(26-29-30)15-25-22-10-6-5-9-21(22)24-28-27-23(31-24)18-7-3-2-4-8-18/h2-14,16,25H,15H2,1H3. The summed E-state index contributed by atoms with van der Waals surface area (Å²) in [5.41, 5.74) is 5.62. The minimum Gasteiger partial charge on any atom is -0.416 e. The molecule has 7 nitrogen and oxygen atoms in total. The molecule has 7 heteroatoms. The Balaban J connectivity index is 1.34. The lowest BCUT2D eigenvalue weighted by atomic mass is 10.1. The Kier molecular flexibility index (Phi) is 4.98. The lowest BCUT2D eigenvalue weighted by Gasteiger charge is -2.08. The quantitative estimate of drug-likeness (QED) is 0.430. The highest BCUT2D eigenvalue weighted by atomic mass is 16.4. The minimum atomic E-state index is 0.463. The zero-order chi connectivity index (χ0) is 21.0. The van der Waals surface area contributed by atoms with E-state index in [0.29, 0.717) is 18.3 Å². The molecule has 2 aromatic heterocycles. The molecule has 31 heavy (non-hydrogen) atoms. The molecule has 0 aliphatic rings. The van der Waals surface area contributed by atoms with Gasteiger partial charge in [0, 0.05) is 11.3 Å². The molecule has 0 atom stereocenters. The Morgan fingerprint density at radius 3 is 2.39 bits per heavy atom. The zero-order valence-electron chi connectivity index (χ0n) is 16.9. The summed E-state index contributed by atoms with van der Waals surface area (Å²) in [6, 6.07) is 25.7. The molecule has 0 radical (unpaired) electrons. The van der Waals surface area contributed by atoms with Crippen LogP contribution in [0, 0.1) is 6.92 Å². The van der Waals surface area contributed by atoms with E-state index in [1.807, 2.05) is 72.9 Å². The molecule has 1 N–H and O–H groups in total. The van der Waals surface area contributed by atoms with Crippen molar-refractivity contribution in [2.24, 2.45) is 0 Å². The summed E-state index contributed by atoms with van der Waals surface area (Å²) in [4.78, 5) is 0. The number of benzene rings is 3. The molecule has 0 bridgehead atoms. The van der Waals surface area contributed by atoms with Gasteiger partial charge in [-0.15, -0.1) is 15.3 Å². The fraction of sp³-hybridized carbons (Fsp3) is 0.0833. The Bertz CT molecular complexity index is 1290. The van der Waals surface area contributed by atoms with Crippen molar-refractivity contribution >= 4 is 5.69 Å². The van der Waals surface area contributed by atoms with Gasteiger partial charge in [-0.2, -0.15) is 0 Å². The van der Waals surface area contributed by atoms with Crippen molar-refractivity contribution in [3.63, 3.8) is 0 Å². The number of hydrogen-bond donors (Lipinski definition) is 1. The van der Waals surface area contributed by atoms with Gasteiger partial charge in [0.1, 0.15) is 5.69 Å². The molecule has 3 aromatic carbocycles. The second-order valence-corrected chi connectivity index (χ2v) is 7.17. The van der Waals surface area contributed by atoms with Crippen LogP contribution in [-0.4, -0.2) is 25.2 Å². The highest BCUT2D eigenvalue weighted by molar-refractivity contribution is 5.72. The maximum absolute atomic E-state index is 5.93. The number of hydrogen-bond acceptors (Lipinski definition) is 6. The van der Waals surface area contributed by atoms with Crippen molar-refractivity contribution in [2.45, 2.75) is 13.5 Å². The second-order valence-electron chi connectivity index (χ2n) is 7.17. The van der Waals surface area contributed by atoms with Gasteiger partial charge in [0.05, 0.1) is 24.0 Å². The van der Waals surface area contributed by atoms with Gasteiger partial charge in [-0.1, -0.05) is 53.2 Å². The van der Waals surface area contributed by atoms with E-state index in [-0.39, 0.29) is 0 Å². The minimum absolute atomic E-state index is 0.463. The van der Waals surface area contributed by atoms with Crippen molar-refractivity contribution in [2.75, 3.05) is 5.32 Å². The smallest absolute Gasteiger partial charge is 0.250 e. The molecular formula is C24H20N6O. The molecule has 0 spiro atoms. The van der Waals surface area contributed by atoms with E-state index in [4.69, 9.17) is 4.42 Å². The Labute approximate surface area is 179 Å². The Morgan fingerprint density at radius 1 is 0.806 bits per heavy atom. The summed E-state index contributed by atoms with van der Waals surface area (Å²) in [6.45, 7) is 2.58. The lowest BCUT2D eigenvalue weighted by Crippen LogP contribution is -2.01. The highest BCUT2D eigenvalue weighted by Gasteiger charge is 2.14. The summed E-state index contributed by atoms with van der Waals surface area (Å²) < 4.78 is 7.70. The van der Waals surface area contributed by atoms with Gasteiger partial charge in [-0.05, 0) is 43.3 Å². The largest absolute Gasteiger partial charge is 0.416 e. The van der Waals surface area contributed by atoms with Crippen molar-refractivity contribution < 1.29 is 4.42 Å². The first kappa shape index (κ1) is 18.7. The maximum atomic E-state index is 5.93. The third-order valence-electron chi connectivity index (χ3n) is 4.90.